The van der Waals surface area contributed by atoms with Crippen molar-refractivity contribution in [1.82, 2.24) is 15.2 Å². The average molecular weight is 538 g/mol. The largest absolute Gasteiger partial charge is 0.460 e. The Balaban J connectivity index is 1.36. The van der Waals surface area contributed by atoms with Crippen molar-refractivity contribution >= 4 is 33.9 Å². The smallest absolute Gasteiger partial charge is 0.146 e. The van der Waals surface area contributed by atoms with E-state index < -0.39 is 0 Å². The second-order valence-corrected chi connectivity index (χ2v) is 9.73. The molecular formula is C31H28ClN5O2. The summed E-state index contributed by atoms with van der Waals surface area (Å²) in [5.74, 6) is 2.88. The van der Waals surface area contributed by atoms with E-state index in [1.807, 2.05) is 80.8 Å². The highest BCUT2D eigenvalue weighted by atomic mass is 35.5. The van der Waals surface area contributed by atoms with Gasteiger partial charge in [0, 0.05) is 35.9 Å². The molecule has 0 amide bonds. The van der Waals surface area contributed by atoms with Crippen LogP contribution in [0.5, 0.6) is 11.5 Å². The number of ether oxygens (including phenoxy) is 1. The zero-order valence-electron chi connectivity index (χ0n) is 21.7. The highest BCUT2D eigenvalue weighted by Crippen LogP contribution is 2.36. The van der Waals surface area contributed by atoms with Crippen molar-refractivity contribution in [1.29, 1.82) is 5.26 Å². The molecule has 3 aromatic carbocycles. The minimum atomic E-state index is 0.431. The van der Waals surface area contributed by atoms with Crippen LogP contribution in [-0.4, -0.2) is 37.1 Å². The molecule has 0 aliphatic heterocycles. The second kappa shape index (κ2) is 12.0. The molecule has 0 radical (unpaired) electrons. The van der Waals surface area contributed by atoms with Crippen molar-refractivity contribution < 1.29 is 9.15 Å². The van der Waals surface area contributed by atoms with E-state index >= 15 is 0 Å². The number of para-hydroxylation sites is 1. The lowest BCUT2D eigenvalue weighted by atomic mass is 10.1. The number of benzene rings is 3. The highest BCUT2D eigenvalue weighted by Gasteiger charge is 2.13. The number of rotatable bonds is 10. The van der Waals surface area contributed by atoms with E-state index in [1.54, 1.807) is 18.3 Å². The van der Waals surface area contributed by atoms with Crippen molar-refractivity contribution in [3.05, 3.63) is 101 Å². The van der Waals surface area contributed by atoms with Gasteiger partial charge in [-0.2, -0.15) is 5.26 Å². The van der Waals surface area contributed by atoms with Crippen LogP contribution in [0.15, 0.2) is 89.5 Å². The fraction of sp³-hybridized carbons (Fsp3) is 0.161. The van der Waals surface area contributed by atoms with E-state index in [4.69, 9.17) is 20.8 Å². The number of aromatic nitrogens is 1. The van der Waals surface area contributed by atoms with Gasteiger partial charge in [-0.25, -0.2) is 0 Å². The van der Waals surface area contributed by atoms with Crippen LogP contribution in [0.1, 0.15) is 11.3 Å². The molecule has 7 nitrogen and oxygen atoms in total. The molecule has 0 atom stereocenters. The zero-order chi connectivity index (χ0) is 27.2. The van der Waals surface area contributed by atoms with Gasteiger partial charge in [-0.1, -0.05) is 35.9 Å². The molecule has 39 heavy (non-hydrogen) atoms. The molecule has 0 unspecified atom stereocenters. The molecule has 2 heterocycles. The minimum absolute atomic E-state index is 0.431. The summed E-state index contributed by atoms with van der Waals surface area (Å²) in [5, 5.41) is 17.8. The number of hydrogen-bond acceptors (Lipinski definition) is 7. The summed E-state index contributed by atoms with van der Waals surface area (Å²) < 4.78 is 12.0. The molecule has 8 heteroatoms. The van der Waals surface area contributed by atoms with Gasteiger partial charge in [0.05, 0.1) is 28.3 Å². The third-order valence-electron chi connectivity index (χ3n) is 6.14. The molecule has 0 fully saturated rings. The number of nitrogens with zero attached hydrogens (tertiary/aromatic N) is 3. The molecule has 0 spiro atoms. The lowest BCUT2D eigenvalue weighted by Crippen LogP contribution is -2.25. The first-order chi connectivity index (χ1) is 19.0. The Bertz CT molecular complexity index is 1630. The Hall–Kier alpha value is -4.35. The summed E-state index contributed by atoms with van der Waals surface area (Å²) in [4.78, 5) is 6.67. The quantitative estimate of drug-likeness (QED) is 0.182. The number of likely N-dealkylation sites (N-methyl/N-ethyl adjacent to an activating group) is 1. The van der Waals surface area contributed by atoms with Crippen LogP contribution >= 0.6 is 11.6 Å². The maximum atomic E-state index is 9.77. The summed E-state index contributed by atoms with van der Waals surface area (Å²) in [6.07, 6.45) is 1.57. The molecule has 0 saturated heterocycles. The first-order valence-corrected chi connectivity index (χ1v) is 12.9. The molecule has 5 rings (SSSR count). The average Bonchev–Trinajstić information content (AvgIpc) is 3.42. The number of nitrogens with one attached hydrogen (secondary N) is 2. The van der Waals surface area contributed by atoms with Gasteiger partial charge in [0.25, 0.3) is 0 Å². The summed E-state index contributed by atoms with van der Waals surface area (Å²) >= 11 is 6.52. The van der Waals surface area contributed by atoms with Gasteiger partial charge in [0.2, 0.25) is 0 Å². The topological polar surface area (TPSA) is 86.4 Å². The number of fused-ring (bicyclic) bond motifs is 1. The van der Waals surface area contributed by atoms with Crippen LogP contribution in [0, 0.1) is 11.3 Å². The van der Waals surface area contributed by atoms with E-state index in [1.165, 1.54) is 0 Å². The monoisotopic (exact) mass is 537 g/mol. The first kappa shape index (κ1) is 26.3. The Morgan fingerprint density at radius 1 is 1.03 bits per heavy atom. The van der Waals surface area contributed by atoms with Gasteiger partial charge < -0.3 is 24.7 Å². The molecule has 2 aromatic heterocycles. The number of anilines is 2. The van der Waals surface area contributed by atoms with E-state index in [0.29, 0.717) is 34.3 Å². The number of pyridine rings is 1. The SMILES string of the molecule is CN(C)CCNCc1ccc(-c2ccc3c(Nc4ccc(Oc5ccccc5)c(Cl)c4)c(C#N)cnc3c2)o1. The Morgan fingerprint density at radius 2 is 1.87 bits per heavy atom. The summed E-state index contributed by atoms with van der Waals surface area (Å²) in [6, 6.07) is 27.0. The van der Waals surface area contributed by atoms with Gasteiger partial charge >= 0.3 is 0 Å². The molecule has 0 saturated carbocycles. The zero-order valence-corrected chi connectivity index (χ0v) is 22.5. The van der Waals surface area contributed by atoms with E-state index in [2.05, 4.69) is 26.6 Å². The van der Waals surface area contributed by atoms with Gasteiger partial charge in [0.1, 0.15) is 29.1 Å². The van der Waals surface area contributed by atoms with Crippen LogP contribution in [0.2, 0.25) is 5.02 Å². The molecule has 196 valence electrons. The maximum absolute atomic E-state index is 9.77. The van der Waals surface area contributed by atoms with E-state index in [-0.39, 0.29) is 0 Å². The van der Waals surface area contributed by atoms with Gasteiger partial charge in [0.15, 0.2) is 0 Å². The summed E-state index contributed by atoms with van der Waals surface area (Å²) in [6.45, 7) is 2.51. The fourth-order valence-corrected chi connectivity index (χ4v) is 4.35. The van der Waals surface area contributed by atoms with E-state index in [0.717, 1.165) is 46.8 Å². The van der Waals surface area contributed by atoms with Crippen LogP contribution in [0.3, 0.4) is 0 Å². The first-order valence-electron chi connectivity index (χ1n) is 12.6. The van der Waals surface area contributed by atoms with Gasteiger partial charge in [-0.15, -0.1) is 0 Å². The summed E-state index contributed by atoms with van der Waals surface area (Å²) in [7, 11) is 4.10. The molecule has 0 aliphatic carbocycles. The third-order valence-corrected chi connectivity index (χ3v) is 6.44. The lowest BCUT2D eigenvalue weighted by Gasteiger charge is -2.14. The molecule has 0 aliphatic rings. The van der Waals surface area contributed by atoms with Crippen LogP contribution in [0.4, 0.5) is 11.4 Å². The third kappa shape index (κ3) is 6.39. The highest BCUT2D eigenvalue weighted by molar-refractivity contribution is 6.32. The van der Waals surface area contributed by atoms with E-state index in [9.17, 15) is 5.26 Å². The van der Waals surface area contributed by atoms with Crippen LogP contribution in [0.25, 0.3) is 22.2 Å². The Morgan fingerprint density at radius 3 is 2.64 bits per heavy atom. The van der Waals surface area contributed by atoms with Crippen molar-refractivity contribution in [2.75, 3.05) is 32.5 Å². The van der Waals surface area contributed by atoms with Crippen LogP contribution < -0.4 is 15.4 Å². The standard InChI is InChI=1S/C31H28ClN5O2/c1-37(2)15-14-34-20-25-10-13-29(39-25)21-8-11-26-28(16-21)35-19-22(18-33)31(26)36-23-9-12-30(27(32)17-23)38-24-6-4-3-5-7-24/h3-13,16-17,19,34H,14-15,20H2,1-2H3,(H,35,36). The predicted octanol–water partition coefficient (Wildman–Crippen LogP) is 7.21. The second-order valence-electron chi connectivity index (χ2n) is 9.32. The van der Waals surface area contributed by atoms with Gasteiger partial charge in [-0.3, -0.25) is 4.98 Å². The number of halogens is 1. The summed E-state index contributed by atoms with van der Waals surface area (Å²) in [5.41, 5.74) is 3.47. The van der Waals surface area contributed by atoms with Crippen molar-refractivity contribution in [2.45, 2.75) is 6.54 Å². The fourth-order valence-electron chi connectivity index (χ4n) is 4.13. The van der Waals surface area contributed by atoms with Gasteiger partial charge in [-0.05, 0) is 68.7 Å². The Kier molecular flexibility index (Phi) is 8.09. The molecular weight excluding hydrogens is 510 g/mol. The maximum Gasteiger partial charge on any atom is 0.146 e. The normalized spacial score (nSPS) is 11.1. The number of hydrogen-bond donors (Lipinski definition) is 2. The van der Waals surface area contributed by atoms with Crippen molar-refractivity contribution in [3.63, 3.8) is 0 Å². The minimum Gasteiger partial charge on any atom is -0.460 e. The predicted molar refractivity (Wildman–Crippen MR) is 156 cm³/mol. The lowest BCUT2D eigenvalue weighted by molar-refractivity contribution is 0.392. The Labute approximate surface area is 232 Å². The molecule has 0 bridgehead atoms. The number of furan rings is 1. The molecule has 5 aromatic rings. The molecule has 2 N–H and O–H groups in total. The van der Waals surface area contributed by atoms with Crippen LogP contribution in [-0.2, 0) is 6.54 Å². The van der Waals surface area contributed by atoms with Crippen molar-refractivity contribution in [2.24, 2.45) is 0 Å². The number of nitriles is 1. The van der Waals surface area contributed by atoms with Crippen molar-refractivity contribution in [3.8, 4) is 28.9 Å².